The number of anilines is 1. The molecule has 0 radical (unpaired) electrons. The van der Waals surface area contributed by atoms with Crippen molar-refractivity contribution < 1.29 is 4.42 Å². The predicted molar refractivity (Wildman–Crippen MR) is 60.1 cm³/mol. The highest BCUT2D eigenvalue weighted by Gasteiger charge is 2.13. The van der Waals surface area contributed by atoms with Gasteiger partial charge in [-0.2, -0.15) is 0 Å². The third-order valence-corrected chi connectivity index (χ3v) is 2.58. The van der Waals surface area contributed by atoms with E-state index in [0.29, 0.717) is 22.7 Å². The summed E-state index contributed by atoms with van der Waals surface area (Å²) in [6, 6.07) is 5.30. The second-order valence-corrected chi connectivity index (χ2v) is 3.67. The molecule has 0 saturated carbocycles. The molecule has 0 aliphatic carbocycles. The summed E-state index contributed by atoms with van der Waals surface area (Å²) < 4.78 is 6.79. The fraction of sp³-hybridized carbons (Fsp3) is 0. The number of fused-ring (bicyclic) bond motifs is 1. The Hall–Kier alpha value is -2.01. The summed E-state index contributed by atoms with van der Waals surface area (Å²) in [5.74, 6) is 0.612. The number of nitrogen functional groups attached to an aromatic ring is 1. The monoisotopic (exact) mass is 234 g/mol. The smallest absolute Gasteiger partial charge is 0.204 e. The first kappa shape index (κ1) is 9.23. The van der Waals surface area contributed by atoms with Crippen molar-refractivity contribution in [2.75, 3.05) is 5.73 Å². The van der Waals surface area contributed by atoms with E-state index in [2.05, 4.69) is 10.2 Å². The van der Waals surface area contributed by atoms with Gasteiger partial charge >= 0.3 is 0 Å². The number of rotatable bonds is 1. The number of furan rings is 1. The zero-order valence-electron chi connectivity index (χ0n) is 8.09. The molecule has 6 heteroatoms. The molecule has 80 valence electrons. The number of nitrogens with two attached hydrogens (primary N) is 1. The van der Waals surface area contributed by atoms with Crippen LogP contribution in [0.1, 0.15) is 0 Å². The lowest BCUT2D eigenvalue weighted by Crippen LogP contribution is -1.92. The Morgan fingerprint density at radius 2 is 2.12 bits per heavy atom. The highest BCUT2D eigenvalue weighted by Crippen LogP contribution is 2.27. The molecule has 0 atom stereocenters. The molecule has 3 aromatic heterocycles. The SMILES string of the molecule is Nc1ccc2nnc(-c3ccoc3Cl)n2c1. The van der Waals surface area contributed by atoms with E-state index in [0.717, 1.165) is 0 Å². The highest BCUT2D eigenvalue weighted by molar-refractivity contribution is 6.31. The molecule has 3 aromatic rings. The topological polar surface area (TPSA) is 69.3 Å². The number of hydrogen-bond acceptors (Lipinski definition) is 4. The molecule has 0 bridgehead atoms. The van der Waals surface area contributed by atoms with Gasteiger partial charge in [-0.1, -0.05) is 0 Å². The molecular formula is C10H7ClN4O. The summed E-state index contributed by atoms with van der Waals surface area (Å²) >= 11 is 5.89. The molecule has 0 spiro atoms. The van der Waals surface area contributed by atoms with Crippen molar-refractivity contribution in [3.63, 3.8) is 0 Å². The van der Waals surface area contributed by atoms with Gasteiger partial charge < -0.3 is 10.2 Å². The number of hydrogen-bond donors (Lipinski definition) is 1. The molecule has 0 aliphatic heterocycles. The minimum atomic E-state index is 0.289. The van der Waals surface area contributed by atoms with Crippen molar-refractivity contribution in [2.45, 2.75) is 0 Å². The fourth-order valence-corrected chi connectivity index (χ4v) is 1.74. The zero-order chi connectivity index (χ0) is 11.1. The van der Waals surface area contributed by atoms with Crippen LogP contribution in [0.25, 0.3) is 17.0 Å². The molecule has 0 aromatic carbocycles. The molecule has 0 amide bonds. The van der Waals surface area contributed by atoms with Gasteiger partial charge in [-0.25, -0.2) is 0 Å². The van der Waals surface area contributed by atoms with E-state index < -0.39 is 0 Å². The Morgan fingerprint density at radius 3 is 2.88 bits per heavy atom. The maximum atomic E-state index is 5.89. The first-order valence-electron chi connectivity index (χ1n) is 4.59. The molecule has 0 saturated heterocycles. The molecule has 0 unspecified atom stereocenters. The Morgan fingerprint density at radius 1 is 1.25 bits per heavy atom. The first-order valence-corrected chi connectivity index (χ1v) is 4.97. The normalized spacial score (nSPS) is 11.1. The summed E-state index contributed by atoms with van der Waals surface area (Å²) in [6.07, 6.45) is 3.25. The van der Waals surface area contributed by atoms with Gasteiger partial charge in [0, 0.05) is 11.9 Å². The highest BCUT2D eigenvalue weighted by atomic mass is 35.5. The lowest BCUT2D eigenvalue weighted by molar-refractivity contribution is 0.570. The number of pyridine rings is 1. The van der Waals surface area contributed by atoms with Gasteiger partial charge in [-0.3, -0.25) is 4.40 Å². The molecule has 3 rings (SSSR count). The molecule has 3 heterocycles. The molecule has 0 fully saturated rings. The average molecular weight is 235 g/mol. The van der Waals surface area contributed by atoms with Crippen LogP contribution >= 0.6 is 11.6 Å². The van der Waals surface area contributed by atoms with E-state index in [4.69, 9.17) is 21.8 Å². The van der Waals surface area contributed by atoms with E-state index in [9.17, 15) is 0 Å². The fourth-order valence-electron chi connectivity index (χ4n) is 1.54. The minimum absolute atomic E-state index is 0.289. The van der Waals surface area contributed by atoms with Gasteiger partial charge in [0.1, 0.15) is 0 Å². The summed E-state index contributed by atoms with van der Waals surface area (Å²) in [5.41, 5.74) is 7.75. The standard InChI is InChI=1S/C10H7ClN4O/c11-9-7(3-4-16-9)10-14-13-8-2-1-6(12)5-15(8)10/h1-5H,12H2. The summed E-state index contributed by atoms with van der Waals surface area (Å²) in [5, 5.41) is 8.36. The summed E-state index contributed by atoms with van der Waals surface area (Å²) in [4.78, 5) is 0. The van der Waals surface area contributed by atoms with Gasteiger partial charge in [-0.15, -0.1) is 10.2 Å². The van der Waals surface area contributed by atoms with Crippen LogP contribution in [0.5, 0.6) is 0 Å². The largest absolute Gasteiger partial charge is 0.452 e. The van der Waals surface area contributed by atoms with Crippen LogP contribution in [0.15, 0.2) is 35.1 Å². The summed E-state index contributed by atoms with van der Waals surface area (Å²) in [7, 11) is 0. The maximum Gasteiger partial charge on any atom is 0.204 e. The molecular weight excluding hydrogens is 228 g/mol. The average Bonchev–Trinajstić information content (AvgIpc) is 2.83. The van der Waals surface area contributed by atoms with Crippen molar-refractivity contribution >= 4 is 22.9 Å². The van der Waals surface area contributed by atoms with Crippen LogP contribution in [0.3, 0.4) is 0 Å². The number of nitrogens with zero attached hydrogens (tertiary/aromatic N) is 3. The maximum absolute atomic E-state index is 5.89. The molecule has 2 N–H and O–H groups in total. The minimum Gasteiger partial charge on any atom is -0.452 e. The van der Waals surface area contributed by atoms with Gasteiger partial charge in [0.15, 0.2) is 11.5 Å². The van der Waals surface area contributed by atoms with Crippen molar-refractivity contribution in [3.05, 3.63) is 35.9 Å². The van der Waals surface area contributed by atoms with Gasteiger partial charge in [0.25, 0.3) is 0 Å². The number of aromatic nitrogens is 3. The van der Waals surface area contributed by atoms with Crippen LogP contribution in [-0.4, -0.2) is 14.6 Å². The van der Waals surface area contributed by atoms with E-state index in [-0.39, 0.29) is 5.22 Å². The van der Waals surface area contributed by atoms with E-state index in [1.807, 2.05) is 0 Å². The van der Waals surface area contributed by atoms with Crippen LogP contribution < -0.4 is 5.73 Å². The van der Waals surface area contributed by atoms with Crippen molar-refractivity contribution in [2.24, 2.45) is 0 Å². The van der Waals surface area contributed by atoms with Crippen LogP contribution in [0.2, 0.25) is 5.22 Å². The molecule has 16 heavy (non-hydrogen) atoms. The number of halogens is 1. The Balaban J connectivity index is 2.32. The van der Waals surface area contributed by atoms with Crippen LogP contribution in [-0.2, 0) is 0 Å². The van der Waals surface area contributed by atoms with Gasteiger partial charge in [0.05, 0.1) is 11.8 Å². The van der Waals surface area contributed by atoms with Gasteiger partial charge in [-0.05, 0) is 29.8 Å². The predicted octanol–water partition coefficient (Wildman–Crippen LogP) is 2.22. The van der Waals surface area contributed by atoms with E-state index in [1.165, 1.54) is 6.26 Å². The van der Waals surface area contributed by atoms with Crippen molar-refractivity contribution in [1.82, 2.24) is 14.6 Å². The Bertz CT molecular complexity index is 658. The van der Waals surface area contributed by atoms with E-state index in [1.54, 1.807) is 28.8 Å². The first-order chi connectivity index (χ1) is 7.75. The van der Waals surface area contributed by atoms with Gasteiger partial charge in [0.2, 0.25) is 5.22 Å². The van der Waals surface area contributed by atoms with E-state index >= 15 is 0 Å². The Kier molecular flexibility index (Phi) is 1.87. The second-order valence-electron chi connectivity index (χ2n) is 3.32. The molecule has 0 aliphatic rings. The third kappa shape index (κ3) is 1.25. The second kappa shape index (κ2) is 3.24. The van der Waals surface area contributed by atoms with Crippen molar-refractivity contribution in [1.29, 1.82) is 0 Å². The van der Waals surface area contributed by atoms with Crippen LogP contribution in [0, 0.1) is 0 Å². The summed E-state index contributed by atoms with van der Waals surface area (Å²) in [6.45, 7) is 0. The lowest BCUT2D eigenvalue weighted by atomic mass is 10.3. The lowest BCUT2D eigenvalue weighted by Gasteiger charge is -1.98. The zero-order valence-corrected chi connectivity index (χ0v) is 8.85. The molecule has 5 nitrogen and oxygen atoms in total. The van der Waals surface area contributed by atoms with Crippen molar-refractivity contribution in [3.8, 4) is 11.4 Å². The Labute approximate surface area is 95.5 Å². The van der Waals surface area contributed by atoms with Crippen LogP contribution in [0.4, 0.5) is 5.69 Å². The quantitative estimate of drug-likeness (QED) is 0.701. The third-order valence-electron chi connectivity index (χ3n) is 2.28.